The summed E-state index contributed by atoms with van der Waals surface area (Å²) in [6.07, 6.45) is 0.982. The molecule has 0 N–H and O–H groups in total. The molecule has 3 aromatic rings. The molecular formula is C25H26ClF2NO4. The number of likely N-dealkylation sites (tertiary alicyclic amines) is 1. The Hall–Kier alpha value is -2.80. The van der Waals surface area contributed by atoms with Crippen LogP contribution in [0.4, 0.5) is 13.6 Å². The van der Waals surface area contributed by atoms with E-state index in [2.05, 4.69) is 0 Å². The Labute approximate surface area is 196 Å². The lowest BCUT2D eigenvalue weighted by Crippen LogP contribution is -2.41. The summed E-state index contributed by atoms with van der Waals surface area (Å²) in [4.78, 5) is 14.0. The van der Waals surface area contributed by atoms with Crippen LogP contribution in [0.2, 0.25) is 5.22 Å². The Morgan fingerprint density at radius 3 is 2.58 bits per heavy atom. The van der Waals surface area contributed by atoms with Crippen molar-refractivity contribution < 1.29 is 27.5 Å². The molecule has 0 saturated carbocycles. The number of hydrogen-bond acceptors (Lipinski definition) is 4. The van der Waals surface area contributed by atoms with Crippen molar-refractivity contribution >= 4 is 28.7 Å². The zero-order valence-corrected chi connectivity index (χ0v) is 19.5. The smallest absolute Gasteiger partial charge is 0.410 e. The van der Waals surface area contributed by atoms with Crippen molar-refractivity contribution in [3.05, 3.63) is 64.4 Å². The number of fused-ring (bicyclic) bond motifs is 1. The molecule has 2 heterocycles. The summed E-state index contributed by atoms with van der Waals surface area (Å²) < 4.78 is 45.6. The number of para-hydroxylation sites is 1. The average molecular weight is 478 g/mol. The minimum atomic E-state index is -0.554. The van der Waals surface area contributed by atoms with Crippen LogP contribution >= 0.6 is 11.6 Å². The van der Waals surface area contributed by atoms with Crippen molar-refractivity contribution in [1.29, 1.82) is 0 Å². The van der Waals surface area contributed by atoms with Crippen LogP contribution in [0.1, 0.15) is 50.7 Å². The van der Waals surface area contributed by atoms with Crippen molar-refractivity contribution in [2.45, 2.75) is 51.7 Å². The number of carbonyl (C=O) groups is 1. The average Bonchev–Trinajstić information content (AvgIpc) is 3.15. The number of nitrogens with zero attached hydrogens (tertiary/aromatic N) is 1. The van der Waals surface area contributed by atoms with E-state index in [0.29, 0.717) is 31.5 Å². The fraction of sp³-hybridized carbons (Fsp3) is 0.400. The molecule has 1 amide bonds. The molecule has 0 spiro atoms. The van der Waals surface area contributed by atoms with E-state index in [1.807, 2.05) is 26.8 Å². The van der Waals surface area contributed by atoms with Crippen molar-refractivity contribution in [2.75, 3.05) is 13.1 Å². The van der Waals surface area contributed by atoms with E-state index in [1.54, 1.807) is 11.0 Å². The summed E-state index contributed by atoms with van der Waals surface area (Å²) in [7, 11) is 0. The van der Waals surface area contributed by atoms with E-state index in [0.717, 1.165) is 5.56 Å². The topological polar surface area (TPSA) is 51.9 Å². The van der Waals surface area contributed by atoms with Gasteiger partial charge >= 0.3 is 6.09 Å². The number of ether oxygens (including phenoxy) is 2. The molecule has 0 bridgehead atoms. The fourth-order valence-electron chi connectivity index (χ4n) is 4.08. The second kappa shape index (κ2) is 9.21. The van der Waals surface area contributed by atoms with E-state index in [-0.39, 0.29) is 40.6 Å². The number of piperidine rings is 1. The highest BCUT2D eigenvalue weighted by Crippen LogP contribution is 2.37. The summed E-state index contributed by atoms with van der Waals surface area (Å²) in [5.74, 6) is -0.741. The van der Waals surface area contributed by atoms with Gasteiger partial charge < -0.3 is 18.8 Å². The molecule has 176 valence electrons. The van der Waals surface area contributed by atoms with Gasteiger partial charge in [-0.2, -0.15) is 0 Å². The maximum Gasteiger partial charge on any atom is 0.410 e. The molecule has 0 atom stereocenters. The molecule has 2 aromatic carbocycles. The van der Waals surface area contributed by atoms with Gasteiger partial charge in [0.05, 0.1) is 5.39 Å². The largest absolute Gasteiger partial charge is 0.485 e. The second-order valence-corrected chi connectivity index (χ2v) is 9.56. The molecule has 0 aliphatic carbocycles. The molecule has 1 aromatic heterocycles. The van der Waals surface area contributed by atoms with Crippen LogP contribution in [-0.4, -0.2) is 29.7 Å². The third kappa shape index (κ3) is 5.24. The van der Waals surface area contributed by atoms with Gasteiger partial charge in [0.1, 0.15) is 23.6 Å². The normalized spacial score (nSPS) is 15.2. The minimum Gasteiger partial charge on any atom is -0.485 e. The highest BCUT2D eigenvalue weighted by atomic mass is 35.5. The molecule has 1 saturated heterocycles. The zero-order chi connectivity index (χ0) is 23.8. The van der Waals surface area contributed by atoms with Crippen molar-refractivity contribution in [3.8, 4) is 5.75 Å². The molecular weight excluding hydrogens is 452 g/mol. The molecule has 0 radical (unpaired) electrons. The van der Waals surface area contributed by atoms with Crippen LogP contribution in [-0.2, 0) is 11.3 Å². The standard InChI is InChI=1S/C25H26ClF2NO4/c1-25(2,3)33-24(30)29-11-9-15(10-12-29)17-5-4-6-20(28)23(17)31-14-16-7-8-19(27)18-13-21(26)32-22(16)18/h4-8,13,15H,9-12,14H2,1-3H3. The molecule has 1 aliphatic rings. The van der Waals surface area contributed by atoms with Crippen LogP contribution in [0.25, 0.3) is 11.0 Å². The number of carbonyl (C=O) groups excluding carboxylic acids is 1. The van der Waals surface area contributed by atoms with Crippen LogP contribution < -0.4 is 4.74 Å². The van der Waals surface area contributed by atoms with Crippen molar-refractivity contribution in [3.63, 3.8) is 0 Å². The Balaban J connectivity index is 1.49. The Morgan fingerprint density at radius 2 is 1.88 bits per heavy atom. The number of furan rings is 1. The van der Waals surface area contributed by atoms with E-state index >= 15 is 0 Å². The molecule has 1 aliphatic heterocycles. The maximum atomic E-state index is 14.8. The zero-order valence-electron chi connectivity index (χ0n) is 18.8. The number of benzene rings is 2. The first-order valence-electron chi connectivity index (χ1n) is 10.9. The van der Waals surface area contributed by atoms with Gasteiger partial charge in [0.15, 0.2) is 16.8 Å². The Morgan fingerprint density at radius 1 is 1.15 bits per heavy atom. The molecule has 33 heavy (non-hydrogen) atoms. The highest BCUT2D eigenvalue weighted by molar-refractivity contribution is 6.29. The molecule has 1 fully saturated rings. The first-order chi connectivity index (χ1) is 15.6. The summed E-state index contributed by atoms with van der Waals surface area (Å²) >= 11 is 5.89. The van der Waals surface area contributed by atoms with E-state index in [4.69, 9.17) is 25.5 Å². The van der Waals surface area contributed by atoms with Crippen molar-refractivity contribution in [1.82, 2.24) is 4.90 Å². The second-order valence-electron chi connectivity index (χ2n) is 9.19. The number of rotatable bonds is 4. The first-order valence-corrected chi connectivity index (χ1v) is 11.3. The van der Waals surface area contributed by atoms with Crippen LogP contribution in [0, 0.1) is 11.6 Å². The van der Waals surface area contributed by atoms with Gasteiger partial charge in [-0.25, -0.2) is 13.6 Å². The third-order valence-corrected chi connectivity index (χ3v) is 5.82. The van der Waals surface area contributed by atoms with E-state index in [1.165, 1.54) is 24.3 Å². The Kier molecular flexibility index (Phi) is 6.52. The Bertz CT molecular complexity index is 1160. The lowest BCUT2D eigenvalue weighted by Gasteiger charge is -2.34. The summed E-state index contributed by atoms with van der Waals surface area (Å²) in [6, 6.07) is 9.09. The van der Waals surface area contributed by atoms with Gasteiger partial charge in [0.25, 0.3) is 0 Å². The summed E-state index contributed by atoms with van der Waals surface area (Å²) in [5.41, 5.74) is 1.03. The van der Waals surface area contributed by atoms with Crippen LogP contribution in [0.5, 0.6) is 5.75 Å². The van der Waals surface area contributed by atoms with E-state index < -0.39 is 17.2 Å². The quantitative estimate of drug-likeness (QED) is 0.403. The van der Waals surface area contributed by atoms with Gasteiger partial charge in [-0.15, -0.1) is 0 Å². The first kappa shape index (κ1) is 23.4. The van der Waals surface area contributed by atoms with Gasteiger partial charge in [0.2, 0.25) is 0 Å². The van der Waals surface area contributed by atoms with Gasteiger partial charge in [-0.05, 0) is 69.3 Å². The number of amides is 1. The summed E-state index contributed by atoms with van der Waals surface area (Å²) in [5, 5.41) is 0.323. The molecule has 8 heteroatoms. The lowest BCUT2D eigenvalue weighted by molar-refractivity contribution is 0.0204. The predicted octanol–water partition coefficient (Wildman–Crippen LogP) is 7.06. The van der Waals surface area contributed by atoms with Crippen LogP contribution in [0.15, 0.2) is 40.8 Å². The highest BCUT2D eigenvalue weighted by Gasteiger charge is 2.29. The number of halogens is 3. The van der Waals surface area contributed by atoms with E-state index in [9.17, 15) is 13.6 Å². The third-order valence-electron chi connectivity index (χ3n) is 5.64. The SMILES string of the molecule is CC(C)(C)OC(=O)N1CCC(c2cccc(F)c2OCc2ccc(F)c3cc(Cl)oc23)CC1. The number of hydrogen-bond donors (Lipinski definition) is 0. The van der Waals surface area contributed by atoms with Crippen molar-refractivity contribution in [2.24, 2.45) is 0 Å². The predicted molar refractivity (Wildman–Crippen MR) is 122 cm³/mol. The molecule has 0 unspecified atom stereocenters. The van der Waals surface area contributed by atoms with Gasteiger partial charge in [-0.1, -0.05) is 12.1 Å². The monoisotopic (exact) mass is 477 g/mol. The molecule has 5 nitrogen and oxygen atoms in total. The van der Waals surface area contributed by atoms with Gasteiger partial charge in [0, 0.05) is 30.3 Å². The lowest BCUT2D eigenvalue weighted by atomic mass is 9.89. The fourth-order valence-corrected chi connectivity index (χ4v) is 4.26. The summed E-state index contributed by atoms with van der Waals surface area (Å²) in [6.45, 7) is 6.52. The minimum absolute atomic E-state index is 0.00862. The molecule has 4 rings (SSSR count). The van der Waals surface area contributed by atoms with Gasteiger partial charge in [-0.3, -0.25) is 0 Å². The maximum absolute atomic E-state index is 14.8. The van der Waals surface area contributed by atoms with Crippen LogP contribution in [0.3, 0.4) is 0 Å².